The van der Waals surface area contributed by atoms with Gasteiger partial charge in [-0.1, -0.05) is 24.9 Å². The van der Waals surface area contributed by atoms with Gasteiger partial charge in [-0.3, -0.25) is 0 Å². The monoisotopic (exact) mass is 270 g/mol. The van der Waals surface area contributed by atoms with Gasteiger partial charge in [0.25, 0.3) is 0 Å². The van der Waals surface area contributed by atoms with Crippen LogP contribution in [0.3, 0.4) is 0 Å². The summed E-state index contributed by atoms with van der Waals surface area (Å²) in [6, 6.07) is 0. The van der Waals surface area contributed by atoms with Crippen LogP contribution in [0.1, 0.15) is 31.7 Å². The Hall–Kier alpha value is -0.870. The second-order valence-electron chi connectivity index (χ2n) is 4.68. The zero-order valence-corrected chi connectivity index (χ0v) is 12.3. The highest BCUT2D eigenvalue weighted by atomic mass is 35.5. The summed E-state index contributed by atoms with van der Waals surface area (Å²) in [4.78, 5) is 10.5. The van der Waals surface area contributed by atoms with Crippen LogP contribution < -0.4 is 5.32 Å². The van der Waals surface area contributed by atoms with Crippen LogP contribution in [0.4, 0.5) is 5.82 Å². The summed E-state index contributed by atoms with van der Waals surface area (Å²) in [6.45, 7) is 4.18. The molecule has 1 N–H and O–H groups in total. The van der Waals surface area contributed by atoms with E-state index in [9.17, 15) is 0 Å². The van der Waals surface area contributed by atoms with E-state index in [0.29, 0.717) is 5.15 Å². The number of aromatic nitrogens is 2. The maximum Gasteiger partial charge on any atom is 0.137 e. The van der Waals surface area contributed by atoms with Gasteiger partial charge in [0.1, 0.15) is 17.3 Å². The Morgan fingerprint density at radius 1 is 1.28 bits per heavy atom. The van der Waals surface area contributed by atoms with Gasteiger partial charge in [0.2, 0.25) is 0 Å². The van der Waals surface area contributed by atoms with E-state index >= 15 is 0 Å². The molecule has 1 aromatic heterocycles. The quantitative estimate of drug-likeness (QED) is 0.583. The molecule has 0 amide bonds. The van der Waals surface area contributed by atoms with Crippen molar-refractivity contribution in [2.45, 2.75) is 32.6 Å². The molecule has 0 atom stereocenters. The first-order chi connectivity index (χ1) is 8.65. The number of halogens is 1. The average Bonchev–Trinajstić information content (AvgIpc) is 2.32. The topological polar surface area (TPSA) is 41.1 Å². The lowest BCUT2D eigenvalue weighted by molar-refractivity contribution is 0.396. The molecule has 18 heavy (non-hydrogen) atoms. The van der Waals surface area contributed by atoms with Crippen molar-refractivity contribution in [1.82, 2.24) is 14.9 Å². The molecule has 0 bridgehead atoms. The molecule has 1 aromatic rings. The minimum absolute atomic E-state index is 0.572. The summed E-state index contributed by atoms with van der Waals surface area (Å²) in [7, 11) is 4.19. The maximum atomic E-state index is 6.09. The van der Waals surface area contributed by atoms with Crippen LogP contribution in [0.2, 0.25) is 5.15 Å². The molecule has 0 saturated carbocycles. The first kappa shape index (κ1) is 15.2. The van der Waals surface area contributed by atoms with Crippen LogP contribution in [0.25, 0.3) is 0 Å². The van der Waals surface area contributed by atoms with E-state index in [0.717, 1.165) is 43.7 Å². The van der Waals surface area contributed by atoms with E-state index in [4.69, 9.17) is 11.6 Å². The van der Waals surface area contributed by atoms with Crippen molar-refractivity contribution in [3.05, 3.63) is 17.0 Å². The zero-order chi connectivity index (χ0) is 13.4. The molecule has 0 aliphatic heterocycles. The van der Waals surface area contributed by atoms with Gasteiger partial charge < -0.3 is 10.2 Å². The molecule has 0 aliphatic carbocycles. The van der Waals surface area contributed by atoms with Crippen molar-refractivity contribution in [2.24, 2.45) is 0 Å². The van der Waals surface area contributed by atoms with Gasteiger partial charge in [-0.05, 0) is 39.9 Å². The molecule has 0 aromatic carbocycles. The molecule has 0 unspecified atom stereocenters. The van der Waals surface area contributed by atoms with Crippen LogP contribution in [0, 0.1) is 0 Å². The number of hydrogen-bond donors (Lipinski definition) is 1. The summed E-state index contributed by atoms with van der Waals surface area (Å²) in [5.41, 5.74) is 1.04. The lowest BCUT2D eigenvalue weighted by atomic mass is 10.2. The van der Waals surface area contributed by atoms with E-state index in [1.165, 1.54) is 12.7 Å². The minimum Gasteiger partial charge on any atom is -0.370 e. The van der Waals surface area contributed by atoms with Crippen molar-refractivity contribution >= 4 is 17.4 Å². The Kier molecular flexibility index (Phi) is 6.98. The van der Waals surface area contributed by atoms with Gasteiger partial charge in [-0.2, -0.15) is 0 Å². The van der Waals surface area contributed by atoms with Crippen LogP contribution in [-0.4, -0.2) is 42.1 Å². The van der Waals surface area contributed by atoms with Crippen LogP contribution >= 0.6 is 11.6 Å². The summed E-state index contributed by atoms with van der Waals surface area (Å²) in [6.07, 6.45) is 5.79. The number of unbranched alkanes of at least 4 members (excludes halogenated alkanes) is 1. The first-order valence-corrected chi connectivity index (χ1v) is 6.91. The van der Waals surface area contributed by atoms with E-state index in [1.807, 2.05) is 0 Å². The molecular formula is C13H23ClN4. The third-order valence-corrected chi connectivity index (χ3v) is 3.04. The fourth-order valence-corrected chi connectivity index (χ4v) is 2.00. The molecule has 1 rings (SSSR count). The number of rotatable bonds is 8. The number of anilines is 1. The second-order valence-corrected chi connectivity index (χ2v) is 5.04. The molecule has 0 aliphatic rings. The molecule has 5 heteroatoms. The van der Waals surface area contributed by atoms with Gasteiger partial charge in [0.05, 0.1) is 0 Å². The van der Waals surface area contributed by atoms with Crippen LogP contribution in [-0.2, 0) is 6.42 Å². The van der Waals surface area contributed by atoms with Gasteiger partial charge in [0.15, 0.2) is 0 Å². The van der Waals surface area contributed by atoms with Crippen molar-refractivity contribution in [1.29, 1.82) is 0 Å². The molecule has 0 radical (unpaired) electrons. The van der Waals surface area contributed by atoms with Crippen molar-refractivity contribution in [2.75, 3.05) is 32.5 Å². The van der Waals surface area contributed by atoms with E-state index in [1.54, 1.807) is 0 Å². The SMILES string of the molecule is CCCc1c(Cl)ncnc1NCCCCN(C)C. The minimum atomic E-state index is 0.572. The maximum absolute atomic E-state index is 6.09. The molecule has 1 heterocycles. The second kappa shape index (κ2) is 8.27. The Bertz CT molecular complexity index is 355. The van der Waals surface area contributed by atoms with Crippen molar-refractivity contribution in [3.63, 3.8) is 0 Å². The molecule has 102 valence electrons. The average molecular weight is 271 g/mol. The highest BCUT2D eigenvalue weighted by Gasteiger charge is 2.08. The smallest absolute Gasteiger partial charge is 0.137 e. The number of hydrogen-bond acceptors (Lipinski definition) is 4. The van der Waals surface area contributed by atoms with E-state index in [2.05, 4.69) is 41.2 Å². The summed E-state index contributed by atoms with van der Waals surface area (Å²) in [5.74, 6) is 0.890. The fourth-order valence-electron chi connectivity index (χ4n) is 1.77. The predicted molar refractivity (Wildman–Crippen MR) is 77.3 cm³/mol. The predicted octanol–water partition coefficient (Wildman–Crippen LogP) is 2.84. The van der Waals surface area contributed by atoms with E-state index in [-0.39, 0.29) is 0 Å². The third-order valence-electron chi connectivity index (χ3n) is 2.72. The van der Waals surface area contributed by atoms with E-state index < -0.39 is 0 Å². The number of nitrogens with zero attached hydrogens (tertiary/aromatic N) is 3. The molecular weight excluding hydrogens is 248 g/mol. The molecule has 4 nitrogen and oxygen atoms in total. The summed E-state index contributed by atoms with van der Waals surface area (Å²) in [5, 5.41) is 3.93. The Labute approximate surface area is 115 Å². The van der Waals surface area contributed by atoms with Gasteiger partial charge in [-0.25, -0.2) is 9.97 Å². The van der Waals surface area contributed by atoms with Crippen LogP contribution in [0.15, 0.2) is 6.33 Å². The first-order valence-electron chi connectivity index (χ1n) is 6.53. The third kappa shape index (κ3) is 5.19. The van der Waals surface area contributed by atoms with Gasteiger partial charge >= 0.3 is 0 Å². The Balaban J connectivity index is 2.44. The largest absolute Gasteiger partial charge is 0.370 e. The van der Waals surface area contributed by atoms with Crippen molar-refractivity contribution in [3.8, 4) is 0 Å². The molecule has 0 fully saturated rings. The van der Waals surface area contributed by atoms with Crippen LogP contribution in [0.5, 0.6) is 0 Å². The highest BCUT2D eigenvalue weighted by molar-refractivity contribution is 6.30. The molecule has 0 spiro atoms. The Morgan fingerprint density at radius 2 is 2.06 bits per heavy atom. The van der Waals surface area contributed by atoms with Crippen molar-refractivity contribution < 1.29 is 0 Å². The highest BCUT2D eigenvalue weighted by Crippen LogP contribution is 2.21. The number of nitrogens with one attached hydrogen (secondary N) is 1. The summed E-state index contributed by atoms with van der Waals surface area (Å²) >= 11 is 6.09. The lowest BCUT2D eigenvalue weighted by Crippen LogP contribution is -2.14. The zero-order valence-electron chi connectivity index (χ0n) is 11.5. The summed E-state index contributed by atoms with van der Waals surface area (Å²) < 4.78 is 0. The van der Waals surface area contributed by atoms with Gasteiger partial charge in [0, 0.05) is 12.1 Å². The lowest BCUT2D eigenvalue weighted by Gasteiger charge is -2.12. The molecule has 0 saturated heterocycles. The fraction of sp³-hybridized carbons (Fsp3) is 0.692. The standard InChI is InChI=1S/C13H23ClN4/c1-4-7-11-12(14)16-10-17-13(11)15-8-5-6-9-18(2)3/h10H,4-9H2,1-3H3,(H,15,16,17). The normalized spacial score (nSPS) is 10.9. The van der Waals surface area contributed by atoms with Gasteiger partial charge in [-0.15, -0.1) is 0 Å². The Morgan fingerprint density at radius 3 is 2.72 bits per heavy atom.